The lowest BCUT2D eigenvalue weighted by Crippen LogP contribution is -2.25. The van der Waals surface area contributed by atoms with Crippen molar-refractivity contribution in [2.45, 2.75) is 71.1 Å². The van der Waals surface area contributed by atoms with E-state index in [9.17, 15) is 19.2 Å². The molecule has 0 aromatic heterocycles. The maximum atomic E-state index is 13.4. The number of allylic oxidation sites excluding steroid dienone is 2. The predicted molar refractivity (Wildman–Crippen MR) is 166 cm³/mol. The van der Waals surface area contributed by atoms with Crippen LogP contribution in [0.15, 0.2) is 71.7 Å². The molecular weight excluding hydrogens is 722 g/mol. The Kier molecular flexibility index (Phi) is 12.8. The van der Waals surface area contributed by atoms with Crippen molar-refractivity contribution in [3.63, 3.8) is 0 Å². The molecule has 6 nitrogen and oxygen atoms in total. The van der Waals surface area contributed by atoms with Crippen LogP contribution in [0.4, 0.5) is 0 Å². The summed E-state index contributed by atoms with van der Waals surface area (Å²) in [5.74, 6) is -3.38. The molecule has 1 aliphatic rings. The number of hydrogen-bond donors (Lipinski definition) is 0. The van der Waals surface area contributed by atoms with Crippen LogP contribution in [0.5, 0.6) is 0 Å². The topological polar surface area (TPSA) is 86.7 Å². The van der Waals surface area contributed by atoms with Gasteiger partial charge in [-0.15, -0.1) is 0 Å². The maximum Gasteiger partial charge on any atom is 0.344 e. The van der Waals surface area contributed by atoms with Crippen LogP contribution < -0.4 is 0 Å². The highest BCUT2D eigenvalue weighted by Gasteiger charge is 2.34. The third kappa shape index (κ3) is 9.09. The lowest BCUT2D eigenvalue weighted by atomic mass is 9.94. The second kappa shape index (κ2) is 16.1. The van der Waals surface area contributed by atoms with Gasteiger partial charge in [-0.05, 0) is 82.3 Å². The van der Waals surface area contributed by atoms with Crippen molar-refractivity contribution < 1.29 is 28.7 Å². The van der Waals surface area contributed by atoms with E-state index >= 15 is 0 Å². The van der Waals surface area contributed by atoms with Crippen LogP contribution in [0, 0.1) is 7.14 Å². The van der Waals surface area contributed by atoms with Gasteiger partial charge in [-0.1, -0.05) is 82.6 Å². The van der Waals surface area contributed by atoms with Gasteiger partial charge in [0.1, 0.15) is 0 Å². The smallest absolute Gasteiger partial charge is 0.344 e. The van der Waals surface area contributed by atoms with Gasteiger partial charge in [-0.3, -0.25) is 9.59 Å². The van der Waals surface area contributed by atoms with Crippen LogP contribution in [0.1, 0.15) is 91.8 Å². The van der Waals surface area contributed by atoms with E-state index in [1.165, 1.54) is 32.1 Å². The molecule has 3 rings (SSSR count). The predicted octanol–water partition coefficient (Wildman–Crippen LogP) is 8.12. The van der Waals surface area contributed by atoms with Crippen molar-refractivity contribution in [1.82, 2.24) is 0 Å². The van der Waals surface area contributed by atoms with Crippen LogP contribution in [0.25, 0.3) is 0 Å². The number of carbonyl (C=O) groups excluding carboxylic acids is 4. The van der Waals surface area contributed by atoms with Gasteiger partial charge in [-0.2, -0.15) is 0 Å². The van der Waals surface area contributed by atoms with Crippen molar-refractivity contribution in [3.05, 3.63) is 90.0 Å². The van der Waals surface area contributed by atoms with E-state index in [4.69, 9.17) is 9.47 Å². The number of rotatable bonds is 14. The number of hydrogen-bond acceptors (Lipinski definition) is 6. The highest BCUT2D eigenvalue weighted by molar-refractivity contribution is 14.1. The number of halogens is 2. The molecule has 8 heteroatoms. The fourth-order valence-corrected chi connectivity index (χ4v) is 5.45. The highest BCUT2D eigenvalue weighted by atomic mass is 127. The molecule has 0 fully saturated rings. The molecule has 0 bridgehead atoms. The van der Waals surface area contributed by atoms with Gasteiger partial charge >= 0.3 is 11.9 Å². The highest BCUT2D eigenvalue weighted by Crippen LogP contribution is 2.28. The van der Waals surface area contributed by atoms with E-state index in [2.05, 4.69) is 6.92 Å². The third-order valence-electron chi connectivity index (χ3n) is 6.37. The average molecular weight is 754 g/mol. The van der Waals surface area contributed by atoms with Gasteiger partial charge in [0.25, 0.3) is 0 Å². The Labute approximate surface area is 256 Å². The van der Waals surface area contributed by atoms with Gasteiger partial charge in [0.05, 0.1) is 16.7 Å². The minimum Gasteiger partial charge on any atom is -0.419 e. The van der Waals surface area contributed by atoms with Gasteiger partial charge in [0, 0.05) is 13.2 Å². The summed E-state index contributed by atoms with van der Waals surface area (Å²) in [7, 11) is 0. The standard InChI is InChI=1S/C31H32I2O6/c1-2-3-4-5-6-7-8-9-10-17-23-28(35)27(38-30(36)21-15-11-13-18-24(21)32)20-26(34)29(23)39-31(37)22-16-12-14-19-25(22)33/h11-16,18-20H,2-10,17H2,1H3. The molecule has 2 aromatic carbocycles. The van der Waals surface area contributed by atoms with E-state index in [-0.39, 0.29) is 23.5 Å². The van der Waals surface area contributed by atoms with E-state index in [1.807, 2.05) is 45.2 Å². The van der Waals surface area contributed by atoms with Crippen molar-refractivity contribution in [1.29, 1.82) is 0 Å². The number of Topliss-reactive ketones (excluding diaryl/α,β-unsaturated/α-hetero) is 1. The van der Waals surface area contributed by atoms with Gasteiger partial charge in [0.15, 0.2) is 11.5 Å². The van der Waals surface area contributed by atoms with Gasteiger partial charge < -0.3 is 9.47 Å². The molecule has 2 aromatic rings. The summed E-state index contributed by atoms with van der Waals surface area (Å²) in [6.45, 7) is 2.20. The minimum absolute atomic E-state index is 0.0651. The fourth-order valence-electron chi connectivity index (χ4n) is 4.23. The zero-order chi connectivity index (χ0) is 28.2. The number of benzene rings is 2. The Morgan fingerprint density at radius 1 is 0.692 bits per heavy atom. The molecule has 1 aliphatic carbocycles. The summed E-state index contributed by atoms with van der Waals surface area (Å²) in [5, 5.41) is 0. The lowest BCUT2D eigenvalue weighted by Gasteiger charge is -2.19. The molecule has 0 unspecified atom stereocenters. The first-order chi connectivity index (χ1) is 18.8. The first-order valence-corrected chi connectivity index (χ1v) is 15.5. The Balaban J connectivity index is 1.74. The van der Waals surface area contributed by atoms with Crippen LogP contribution in [0.3, 0.4) is 0 Å². The zero-order valence-corrected chi connectivity index (χ0v) is 26.3. The number of ketones is 2. The summed E-state index contributed by atoms with van der Waals surface area (Å²) in [5.41, 5.74) is 0.656. The van der Waals surface area contributed by atoms with E-state index < -0.39 is 23.5 Å². The number of ether oxygens (including phenoxy) is 2. The summed E-state index contributed by atoms with van der Waals surface area (Å²) < 4.78 is 12.2. The van der Waals surface area contributed by atoms with Crippen LogP contribution >= 0.6 is 45.2 Å². The molecule has 0 saturated heterocycles. The Morgan fingerprint density at radius 2 is 1.18 bits per heavy atom. The van der Waals surface area contributed by atoms with Crippen molar-refractivity contribution in [2.75, 3.05) is 0 Å². The summed E-state index contributed by atoms with van der Waals surface area (Å²) in [4.78, 5) is 52.2. The molecule has 0 heterocycles. The Hall–Kier alpha value is -2.34. The third-order valence-corrected chi connectivity index (χ3v) is 8.25. The fraction of sp³-hybridized carbons (Fsp3) is 0.355. The van der Waals surface area contributed by atoms with Crippen LogP contribution in [-0.2, 0) is 19.1 Å². The quantitative estimate of drug-likeness (QED) is 0.0839. The summed E-state index contributed by atoms with van der Waals surface area (Å²) in [6, 6.07) is 13.7. The van der Waals surface area contributed by atoms with E-state index in [0.717, 1.165) is 25.3 Å². The molecular formula is C31H32I2O6. The zero-order valence-electron chi connectivity index (χ0n) is 22.0. The molecule has 206 valence electrons. The number of carbonyl (C=O) groups is 4. The molecule has 39 heavy (non-hydrogen) atoms. The molecule has 0 spiro atoms. The largest absolute Gasteiger partial charge is 0.419 e. The second-order valence-corrected chi connectivity index (χ2v) is 11.7. The number of unbranched alkanes of at least 4 members (excludes halogenated alkanes) is 8. The summed E-state index contributed by atoms with van der Waals surface area (Å²) >= 11 is 4.02. The van der Waals surface area contributed by atoms with E-state index in [0.29, 0.717) is 24.7 Å². The summed E-state index contributed by atoms with van der Waals surface area (Å²) in [6.07, 6.45) is 11.0. The minimum atomic E-state index is -0.728. The molecule has 0 aliphatic heterocycles. The van der Waals surface area contributed by atoms with Crippen molar-refractivity contribution >= 4 is 68.7 Å². The lowest BCUT2D eigenvalue weighted by molar-refractivity contribution is -0.119. The SMILES string of the molecule is CCCCCCCCCCCC1=C(OC(=O)c2ccccc2I)C(=O)C=C(OC(=O)c2ccccc2I)C1=O. The maximum absolute atomic E-state index is 13.4. The van der Waals surface area contributed by atoms with Crippen molar-refractivity contribution in [3.8, 4) is 0 Å². The van der Waals surface area contributed by atoms with E-state index in [1.54, 1.807) is 48.5 Å². The monoisotopic (exact) mass is 754 g/mol. The first kappa shape index (κ1) is 31.2. The van der Waals surface area contributed by atoms with Crippen LogP contribution in [-0.4, -0.2) is 23.5 Å². The first-order valence-electron chi connectivity index (χ1n) is 13.3. The van der Waals surface area contributed by atoms with Gasteiger partial charge in [-0.25, -0.2) is 9.59 Å². The second-order valence-electron chi connectivity index (χ2n) is 9.33. The molecule has 0 N–H and O–H groups in total. The molecule has 0 atom stereocenters. The normalized spacial score (nSPS) is 13.4. The number of esters is 2. The molecule has 0 amide bonds. The van der Waals surface area contributed by atoms with Gasteiger partial charge in [0.2, 0.25) is 11.6 Å². The van der Waals surface area contributed by atoms with Crippen molar-refractivity contribution in [2.24, 2.45) is 0 Å². The van der Waals surface area contributed by atoms with Crippen LogP contribution in [0.2, 0.25) is 0 Å². The molecule has 0 saturated carbocycles. The molecule has 0 radical (unpaired) electrons. The Morgan fingerprint density at radius 3 is 1.72 bits per heavy atom. The average Bonchev–Trinajstić information content (AvgIpc) is 2.92. The Bertz CT molecular complexity index is 1280.